The van der Waals surface area contributed by atoms with Crippen molar-refractivity contribution in [1.82, 2.24) is 9.99 Å². The zero-order valence-corrected chi connectivity index (χ0v) is 22.1. The third-order valence-corrected chi connectivity index (χ3v) is 6.86. The summed E-state index contributed by atoms with van der Waals surface area (Å²) in [6, 6.07) is 21.5. The van der Waals surface area contributed by atoms with Gasteiger partial charge in [-0.1, -0.05) is 62.2 Å². The molecule has 0 aliphatic rings. The van der Waals surface area contributed by atoms with Crippen LogP contribution in [0.1, 0.15) is 34.6 Å². The molecule has 178 valence electrons. The van der Waals surface area contributed by atoms with Crippen LogP contribution in [0.25, 0.3) is 10.9 Å². The van der Waals surface area contributed by atoms with E-state index in [4.69, 9.17) is 0 Å². The Morgan fingerprint density at radius 3 is 2.34 bits per heavy atom. The van der Waals surface area contributed by atoms with Crippen LogP contribution >= 0.6 is 31.9 Å². The molecule has 0 saturated heterocycles. The Bertz CT molecular complexity index is 1430. The van der Waals surface area contributed by atoms with Crippen molar-refractivity contribution in [3.05, 3.63) is 98.6 Å². The Hall–Kier alpha value is -3.43. The molecular weight excluding hydrogens is 576 g/mol. The van der Waals surface area contributed by atoms with E-state index in [-0.39, 0.29) is 11.7 Å². The number of anilines is 1. The average molecular weight is 598 g/mol. The van der Waals surface area contributed by atoms with Crippen molar-refractivity contribution in [3.8, 4) is 0 Å². The molecule has 0 fully saturated rings. The van der Waals surface area contributed by atoms with Gasteiger partial charge in [-0.3, -0.25) is 19.8 Å². The van der Waals surface area contributed by atoms with E-state index in [9.17, 15) is 14.4 Å². The highest BCUT2D eigenvalue weighted by Gasteiger charge is 2.22. The summed E-state index contributed by atoms with van der Waals surface area (Å²) in [6.07, 6.45) is 0. The largest absolute Gasteiger partial charge is 0.341 e. The Balaban J connectivity index is 1.60. The molecule has 0 unspecified atom stereocenters. The van der Waals surface area contributed by atoms with Crippen LogP contribution in [-0.4, -0.2) is 22.4 Å². The van der Waals surface area contributed by atoms with E-state index in [1.54, 1.807) is 31.2 Å². The van der Waals surface area contributed by atoms with E-state index >= 15 is 0 Å². The number of fused-ring (bicyclic) bond motifs is 1. The number of nitrogens with zero attached hydrogens (tertiary/aromatic N) is 1. The minimum absolute atomic E-state index is 0.177. The third-order valence-electron chi connectivity index (χ3n) is 5.48. The second-order valence-electron chi connectivity index (χ2n) is 8.03. The smallest absolute Gasteiger partial charge is 0.328 e. The molecular formula is C26H22Br2N4O3. The first-order chi connectivity index (χ1) is 16.7. The Labute approximate surface area is 219 Å². The minimum Gasteiger partial charge on any atom is -0.341 e. The molecule has 1 aromatic heterocycles. The molecule has 35 heavy (non-hydrogen) atoms. The predicted octanol–water partition coefficient (Wildman–Crippen LogP) is 5.67. The van der Waals surface area contributed by atoms with Crippen LogP contribution in [0.15, 0.2) is 81.7 Å². The highest BCUT2D eigenvalue weighted by atomic mass is 79.9. The van der Waals surface area contributed by atoms with Crippen molar-refractivity contribution in [1.29, 1.82) is 0 Å². The van der Waals surface area contributed by atoms with E-state index in [0.29, 0.717) is 11.2 Å². The number of aromatic nitrogens is 1. The molecule has 0 aliphatic carbocycles. The zero-order chi connectivity index (χ0) is 25.1. The molecule has 1 heterocycles. The van der Waals surface area contributed by atoms with E-state index in [2.05, 4.69) is 47.9 Å². The normalized spacial score (nSPS) is 11.7. The van der Waals surface area contributed by atoms with Crippen molar-refractivity contribution in [2.75, 3.05) is 10.7 Å². The highest BCUT2D eigenvalue weighted by Crippen LogP contribution is 2.25. The maximum atomic E-state index is 13.2. The van der Waals surface area contributed by atoms with Gasteiger partial charge in [0.1, 0.15) is 5.69 Å². The summed E-state index contributed by atoms with van der Waals surface area (Å²) in [6.45, 7) is 3.71. The standard InChI is InChI=1S/C26H22Br2N4O3/c1-15-12-20(9-10-21(15)28)30-24(33)23-14-18-13-19(27)8-11-22(18)32(23)31-26(35)25(34)29-16(2)17-6-4-3-5-7-17/h3-14,16H,1-2H3,(H,29,34)(H,30,33)(H,31,35)/t16-/m1/s1. The van der Waals surface area contributed by atoms with Crippen LogP contribution < -0.4 is 16.1 Å². The van der Waals surface area contributed by atoms with Gasteiger partial charge in [-0.05, 0) is 67.4 Å². The topological polar surface area (TPSA) is 92.2 Å². The van der Waals surface area contributed by atoms with Gasteiger partial charge in [-0.25, -0.2) is 4.68 Å². The van der Waals surface area contributed by atoms with Crippen LogP contribution in [0, 0.1) is 6.92 Å². The maximum absolute atomic E-state index is 13.2. The van der Waals surface area contributed by atoms with Crippen LogP contribution in [0.2, 0.25) is 0 Å². The molecule has 1 atom stereocenters. The fourth-order valence-electron chi connectivity index (χ4n) is 3.63. The lowest BCUT2D eigenvalue weighted by atomic mass is 10.1. The Morgan fingerprint density at radius 2 is 1.63 bits per heavy atom. The number of halogens is 2. The number of aryl methyl sites for hydroxylation is 1. The van der Waals surface area contributed by atoms with Gasteiger partial charge in [0.25, 0.3) is 5.91 Å². The van der Waals surface area contributed by atoms with Crippen LogP contribution in [0.3, 0.4) is 0 Å². The molecule has 0 bridgehead atoms. The van der Waals surface area contributed by atoms with Crippen molar-refractivity contribution in [3.63, 3.8) is 0 Å². The van der Waals surface area contributed by atoms with Crippen LogP contribution in [0.5, 0.6) is 0 Å². The number of amides is 3. The van der Waals surface area contributed by atoms with Gasteiger partial charge < -0.3 is 10.6 Å². The van der Waals surface area contributed by atoms with Crippen molar-refractivity contribution < 1.29 is 14.4 Å². The third kappa shape index (κ3) is 5.63. The maximum Gasteiger partial charge on any atom is 0.328 e. The number of hydrogen-bond acceptors (Lipinski definition) is 3. The quantitative estimate of drug-likeness (QED) is 0.259. The fraction of sp³-hybridized carbons (Fsp3) is 0.115. The number of benzene rings is 3. The summed E-state index contributed by atoms with van der Waals surface area (Å²) >= 11 is 6.88. The second-order valence-corrected chi connectivity index (χ2v) is 9.80. The van der Waals surface area contributed by atoms with Gasteiger partial charge >= 0.3 is 11.8 Å². The van der Waals surface area contributed by atoms with Crippen LogP contribution in [0.4, 0.5) is 5.69 Å². The van der Waals surface area contributed by atoms with Gasteiger partial charge in [0.05, 0.1) is 11.6 Å². The van der Waals surface area contributed by atoms with Gasteiger partial charge in [-0.15, -0.1) is 0 Å². The fourth-order valence-corrected chi connectivity index (χ4v) is 4.26. The van der Waals surface area contributed by atoms with Crippen molar-refractivity contribution >= 4 is 66.2 Å². The van der Waals surface area contributed by atoms with Crippen molar-refractivity contribution in [2.45, 2.75) is 19.9 Å². The lowest BCUT2D eigenvalue weighted by Gasteiger charge is -2.16. The summed E-state index contributed by atoms with van der Waals surface area (Å²) in [5.41, 5.74) is 5.77. The van der Waals surface area contributed by atoms with E-state index in [1.807, 2.05) is 55.5 Å². The Morgan fingerprint density at radius 1 is 0.886 bits per heavy atom. The molecule has 0 spiro atoms. The molecule has 3 aromatic carbocycles. The molecule has 3 N–H and O–H groups in total. The summed E-state index contributed by atoms with van der Waals surface area (Å²) < 4.78 is 3.08. The lowest BCUT2D eigenvalue weighted by Crippen LogP contribution is -2.40. The highest BCUT2D eigenvalue weighted by molar-refractivity contribution is 9.10. The molecule has 9 heteroatoms. The SMILES string of the molecule is Cc1cc(NC(=O)c2cc3cc(Br)ccc3n2NC(=O)C(=O)N[C@H](C)c2ccccc2)ccc1Br. The number of carbonyl (C=O) groups excluding carboxylic acids is 3. The number of rotatable bonds is 5. The summed E-state index contributed by atoms with van der Waals surface area (Å²) in [5, 5.41) is 6.26. The first-order valence-corrected chi connectivity index (χ1v) is 12.4. The molecule has 0 radical (unpaired) electrons. The van der Waals surface area contributed by atoms with Crippen molar-refractivity contribution in [2.24, 2.45) is 0 Å². The molecule has 3 amide bonds. The van der Waals surface area contributed by atoms with Gasteiger partial charge in [0, 0.05) is 20.0 Å². The summed E-state index contributed by atoms with van der Waals surface area (Å²) in [7, 11) is 0. The number of carbonyl (C=O) groups is 3. The zero-order valence-electron chi connectivity index (χ0n) is 18.9. The predicted molar refractivity (Wildman–Crippen MR) is 144 cm³/mol. The van der Waals surface area contributed by atoms with Crippen LogP contribution in [-0.2, 0) is 9.59 Å². The molecule has 0 aliphatic heterocycles. The number of hydrogen-bond donors (Lipinski definition) is 3. The summed E-state index contributed by atoms with van der Waals surface area (Å²) in [5.74, 6) is -2.13. The first-order valence-electron chi connectivity index (χ1n) is 10.8. The minimum atomic E-state index is -0.887. The Kier molecular flexibility index (Phi) is 7.37. The van der Waals surface area contributed by atoms with Gasteiger partial charge in [0.2, 0.25) is 0 Å². The molecule has 4 rings (SSSR count). The lowest BCUT2D eigenvalue weighted by molar-refractivity contribution is -0.137. The van der Waals surface area contributed by atoms with E-state index in [0.717, 1.165) is 25.5 Å². The van der Waals surface area contributed by atoms with E-state index < -0.39 is 17.7 Å². The van der Waals surface area contributed by atoms with Gasteiger partial charge in [-0.2, -0.15) is 0 Å². The van der Waals surface area contributed by atoms with Gasteiger partial charge in [0.15, 0.2) is 0 Å². The first kappa shape index (κ1) is 24.7. The number of nitrogens with one attached hydrogen (secondary N) is 3. The second kappa shape index (κ2) is 10.5. The molecule has 0 saturated carbocycles. The summed E-state index contributed by atoms with van der Waals surface area (Å²) in [4.78, 5) is 38.6. The molecule has 4 aromatic rings. The molecule has 7 nitrogen and oxygen atoms in total. The average Bonchev–Trinajstić information content (AvgIpc) is 3.19. The van der Waals surface area contributed by atoms with E-state index in [1.165, 1.54) is 4.68 Å². The monoisotopic (exact) mass is 596 g/mol.